The molecule has 0 saturated carbocycles. The second-order valence-electron chi connectivity index (χ2n) is 3.15. The van der Waals surface area contributed by atoms with Crippen molar-refractivity contribution in [2.24, 2.45) is 0 Å². The lowest BCUT2D eigenvalue weighted by molar-refractivity contribution is -0.0278. The molecule has 0 unspecified atom stereocenters. The zero-order valence-corrected chi connectivity index (χ0v) is 7.69. The van der Waals surface area contributed by atoms with Gasteiger partial charge in [-0.3, -0.25) is 0 Å². The number of aliphatic hydroxyl groups excluding tert-OH is 1. The molecule has 13 heavy (non-hydrogen) atoms. The summed E-state index contributed by atoms with van der Waals surface area (Å²) in [7, 11) is 0. The Morgan fingerprint density at radius 3 is 2.46 bits per heavy atom. The third kappa shape index (κ3) is 1.88. The van der Waals surface area contributed by atoms with Gasteiger partial charge in [-0.05, 0) is 19.4 Å². The molecule has 1 heterocycles. The lowest BCUT2D eigenvalue weighted by atomic mass is 10.0. The summed E-state index contributed by atoms with van der Waals surface area (Å²) in [6, 6.07) is 0. The van der Waals surface area contributed by atoms with Crippen LogP contribution in [0.15, 0.2) is 6.20 Å². The molecule has 0 radical (unpaired) electrons. The third-order valence-electron chi connectivity index (χ3n) is 2.07. The molecule has 1 rings (SSSR count). The van der Waals surface area contributed by atoms with Gasteiger partial charge in [0.15, 0.2) is 0 Å². The first-order valence-corrected chi connectivity index (χ1v) is 4.13. The quantitative estimate of drug-likeness (QED) is 0.750. The average Bonchev–Trinajstić information content (AvgIpc) is 2.31. The Morgan fingerprint density at radius 1 is 1.46 bits per heavy atom. The summed E-state index contributed by atoms with van der Waals surface area (Å²) < 4.78 is 26.7. The van der Waals surface area contributed by atoms with Crippen LogP contribution in [0, 0.1) is 13.8 Å². The van der Waals surface area contributed by atoms with Crippen molar-refractivity contribution in [3.63, 3.8) is 0 Å². The number of halogens is 2. The van der Waals surface area contributed by atoms with E-state index in [9.17, 15) is 8.78 Å². The smallest absolute Gasteiger partial charge is 0.277 e. The first-order chi connectivity index (χ1) is 5.99. The lowest BCUT2D eigenvalue weighted by Crippen LogP contribution is -2.16. The van der Waals surface area contributed by atoms with Gasteiger partial charge in [-0.25, -0.2) is 8.78 Å². The summed E-state index contributed by atoms with van der Waals surface area (Å²) in [5.41, 5.74) is 1.02. The van der Waals surface area contributed by atoms with Crippen LogP contribution in [0.2, 0.25) is 0 Å². The van der Waals surface area contributed by atoms with Crippen LogP contribution >= 0.6 is 0 Å². The van der Waals surface area contributed by atoms with E-state index < -0.39 is 19.0 Å². The standard InChI is InChI=1S/C9H13F2NO/c1-6-5-12-7(2)8(6)9(10,11)3-4-13/h5,12-13H,3-4H2,1-2H3. The Morgan fingerprint density at radius 2 is 2.08 bits per heavy atom. The van der Waals surface area contributed by atoms with Gasteiger partial charge in [-0.2, -0.15) is 0 Å². The summed E-state index contributed by atoms with van der Waals surface area (Å²) in [5, 5.41) is 8.49. The Bertz CT molecular complexity index is 274. The predicted molar refractivity (Wildman–Crippen MR) is 45.9 cm³/mol. The van der Waals surface area contributed by atoms with E-state index >= 15 is 0 Å². The molecule has 74 valence electrons. The largest absolute Gasteiger partial charge is 0.396 e. The topological polar surface area (TPSA) is 36.0 Å². The summed E-state index contributed by atoms with van der Waals surface area (Å²) in [6.45, 7) is 2.73. The Kier molecular flexibility index (Phi) is 2.71. The number of hydrogen-bond donors (Lipinski definition) is 2. The van der Waals surface area contributed by atoms with Crippen molar-refractivity contribution in [3.05, 3.63) is 23.0 Å². The Balaban J connectivity index is 3.05. The molecule has 1 aromatic heterocycles. The fourth-order valence-electron chi connectivity index (χ4n) is 1.48. The molecule has 0 aliphatic heterocycles. The molecule has 0 spiro atoms. The summed E-state index contributed by atoms with van der Waals surface area (Å²) in [4.78, 5) is 2.74. The highest BCUT2D eigenvalue weighted by Crippen LogP contribution is 2.35. The first-order valence-electron chi connectivity index (χ1n) is 4.13. The van der Waals surface area contributed by atoms with E-state index in [2.05, 4.69) is 4.98 Å². The molecule has 0 saturated heterocycles. The molecule has 1 aromatic rings. The molecule has 4 heteroatoms. The van der Waals surface area contributed by atoms with Gasteiger partial charge in [0.1, 0.15) is 0 Å². The fraction of sp³-hybridized carbons (Fsp3) is 0.556. The molecular formula is C9H13F2NO. The van der Waals surface area contributed by atoms with Crippen molar-refractivity contribution >= 4 is 0 Å². The number of nitrogens with one attached hydrogen (secondary N) is 1. The van der Waals surface area contributed by atoms with Crippen molar-refractivity contribution in [2.75, 3.05) is 6.61 Å². The number of aliphatic hydroxyl groups is 1. The van der Waals surface area contributed by atoms with Crippen molar-refractivity contribution in [1.29, 1.82) is 0 Å². The van der Waals surface area contributed by atoms with Gasteiger partial charge >= 0.3 is 0 Å². The molecular weight excluding hydrogens is 176 g/mol. The van der Waals surface area contributed by atoms with E-state index in [1.54, 1.807) is 20.0 Å². The van der Waals surface area contributed by atoms with Crippen molar-refractivity contribution in [1.82, 2.24) is 4.98 Å². The van der Waals surface area contributed by atoms with Gasteiger partial charge in [-0.1, -0.05) is 0 Å². The monoisotopic (exact) mass is 189 g/mol. The maximum Gasteiger partial charge on any atom is 0.277 e. The van der Waals surface area contributed by atoms with Crippen molar-refractivity contribution in [2.45, 2.75) is 26.2 Å². The second-order valence-corrected chi connectivity index (χ2v) is 3.15. The van der Waals surface area contributed by atoms with Gasteiger partial charge in [-0.15, -0.1) is 0 Å². The highest BCUT2D eigenvalue weighted by atomic mass is 19.3. The molecule has 2 nitrogen and oxygen atoms in total. The van der Waals surface area contributed by atoms with Crippen LogP contribution < -0.4 is 0 Å². The SMILES string of the molecule is Cc1c[nH]c(C)c1C(F)(F)CCO. The fourth-order valence-corrected chi connectivity index (χ4v) is 1.48. The highest BCUT2D eigenvalue weighted by molar-refractivity contribution is 5.33. The Labute approximate surface area is 75.6 Å². The lowest BCUT2D eigenvalue weighted by Gasteiger charge is -2.16. The molecule has 0 atom stereocenters. The van der Waals surface area contributed by atoms with Crippen LogP contribution in [-0.2, 0) is 5.92 Å². The van der Waals surface area contributed by atoms with Gasteiger partial charge in [0, 0.05) is 30.5 Å². The zero-order chi connectivity index (χ0) is 10.1. The number of H-pyrrole nitrogens is 1. The van der Waals surface area contributed by atoms with E-state index in [0.29, 0.717) is 11.3 Å². The number of hydrogen-bond acceptors (Lipinski definition) is 1. The maximum absolute atomic E-state index is 13.3. The van der Waals surface area contributed by atoms with Gasteiger partial charge in [0.25, 0.3) is 5.92 Å². The van der Waals surface area contributed by atoms with E-state index in [-0.39, 0.29) is 5.56 Å². The van der Waals surface area contributed by atoms with E-state index in [0.717, 1.165) is 0 Å². The number of aromatic amines is 1. The number of aryl methyl sites for hydroxylation is 2. The molecule has 0 bridgehead atoms. The van der Waals surface area contributed by atoms with Crippen LogP contribution in [-0.4, -0.2) is 16.7 Å². The number of aromatic nitrogens is 1. The molecule has 0 amide bonds. The molecule has 0 aliphatic carbocycles. The summed E-state index contributed by atoms with van der Waals surface area (Å²) >= 11 is 0. The maximum atomic E-state index is 13.3. The van der Waals surface area contributed by atoms with Crippen LogP contribution in [0.25, 0.3) is 0 Å². The average molecular weight is 189 g/mol. The van der Waals surface area contributed by atoms with Gasteiger partial charge < -0.3 is 10.1 Å². The van der Waals surface area contributed by atoms with E-state index in [4.69, 9.17) is 5.11 Å². The minimum absolute atomic E-state index is 0.0153. The van der Waals surface area contributed by atoms with E-state index in [1.807, 2.05) is 0 Å². The van der Waals surface area contributed by atoms with Crippen LogP contribution in [0.4, 0.5) is 8.78 Å². The summed E-state index contributed by atoms with van der Waals surface area (Å²) in [5.74, 6) is -2.93. The van der Waals surface area contributed by atoms with Gasteiger partial charge in [0.2, 0.25) is 0 Å². The third-order valence-corrected chi connectivity index (χ3v) is 2.07. The molecule has 0 fully saturated rings. The van der Waals surface area contributed by atoms with E-state index in [1.165, 1.54) is 0 Å². The molecule has 2 N–H and O–H groups in total. The molecule has 0 aromatic carbocycles. The van der Waals surface area contributed by atoms with Gasteiger partial charge in [0.05, 0.1) is 0 Å². The summed E-state index contributed by atoms with van der Waals surface area (Å²) in [6.07, 6.45) is 1.03. The second kappa shape index (κ2) is 3.46. The van der Waals surface area contributed by atoms with Crippen molar-refractivity contribution < 1.29 is 13.9 Å². The highest BCUT2D eigenvalue weighted by Gasteiger charge is 2.34. The Hall–Kier alpha value is -0.900. The minimum atomic E-state index is -2.93. The first kappa shape index (κ1) is 10.2. The normalized spacial score (nSPS) is 12.1. The molecule has 0 aliphatic rings. The van der Waals surface area contributed by atoms with Crippen molar-refractivity contribution in [3.8, 4) is 0 Å². The van der Waals surface area contributed by atoms with Crippen LogP contribution in [0.3, 0.4) is 0 Å². The number of alkyl halides is 2. The zero-order valence-electron chi connectivity index (χ0n) is 7.69. The van der Waals surface area contributed by atoms with Crippen LogP contribution in [0.1, 0.15) is 23.2 Å². The predicted octanol–water partition coefficient (Wildman–Crippen LogP) is 2.11. The minimum Gasteiger partial charge on any atom is -0.396 e. The van der Waals surface area contributed by atoms with Crippen LogP contribution in [0.5, 0.6) is 0 Å². The number of rotatable bonds is 3.